The van der Waals surface area contributed by atoms with Crippen LogP contribution in [0, 0.1) is 11.8 Å². The van der Waals surface area contributed by atoms with E-state index in [1.54, 1.807) is 6.20 Å². The number of aromatic nitrogens is 2. The van der Waals surface area contributed by atoms with Crippen molar-refractivity contribution in [2.24, 2.45) is 11.8 Å². The lowest BCUT2D eigenvalue weighted by Gasteiger charge is -2.29. The van der Waals surface area contributed by atoms with E-state index >= 15 is 0 Å². The van der Waals surface area contributed by atoms with Crippen molar-refractivity contribution in [1.82, 2.24) is 15.3 Å². The van der Waals surface area contributed by atoms with Gasteiger partial charge in [-0.1, -0.05) is 19.3 Å². The number of carbonyl (C=O) groups excluding carboxylic acids is 1. The van der Waals surface area contributed by atoms with E-state index in [1.165, 1.54) is 32.1 Å². The Balaban J connectivity index is 1.42. The average Bonchev–Trinajstić information content (AvgIpc) is 3.47. The second-order valence-corrected chi connectivity index (χ2v) is 7.86. The molecule has 0 aliphatic heterocycles. The fraction of sp³-hybridized carbons (Fsp3) is 0.737. The normalized spacial score (nSPS) is 21.5. The van der Waals surface area contributed by atoms with Crippen molar-refractivity contribution in [2.45, 2.75) is 63.3 Å². The van der Waals surface area contributed by atoms with Crippen LogP contribution in [0.4, 0.5) is 0 Å². The van der Waals surface area contributed by atoms with Crippen molar-refractivity contribution < 1.29 is 14.6 Å². The van der Waals surface area contributed by atoms with Crippen LogP contribution >= 0.6 is 0 Å². The molecule has 1 heterocycles. The molecule has 1 amide bonds. The van der Waals surface area contributed by atoms with Gasteiger partial charge in [-0.15, -0.1) is 0 Å². The van der Waals surface area contributed by atoms with Crippen LogP contribution < -0.4 is 10.1 Å². The second-order valence-electron chi connectivity index (χ2n) is 7.86. The van der Waals surface area contributed by atoms with E-state index in [4.69, 9.17) is 4.74 Å². The predicted molar refractivity (Wildman–Crippen MR) is 92.5 cm³/mol. The molecule has 3 saturated carbocycles. The van der Waals surface area contributed by atoms with Gasteiger partial charge in [-0.05, 0) is 43.9 Å². The summed E-state index contributed by atoms with van der Waals surface area (Å²) < 4.78 is 5.87. The molecule has 1 aromatic heterocycles. The van der Waals surface area contributed by atoms with Crippen LogP contribution in [-0.2, 0) is 0 Å². The van der Waals surface area contributed by atoms with Crippen LogP contribution in [0.5, 0.6) is 5.88 Å². The minimum Gasteiger partial charge on any atom is -0.476 e. The highest BCUT2D eigenvalue weighted by molar-refractivity contribution is 5.92. The molecule has 0 bridgehead atoms. The molecule has 3 aliphatic carbocycles. The molecule has 1 aromatic rings. The molecule has 2 N–H and O–H groups in total. The summed E-state index contributed by atoms with van der Waals surface area (Å²) in [6.45, 7) is 0.626. The third-order valence-corrected chi connectivity index (χ3v) is 5.51. The average molecular weight is 345 g/mol. The Morgan fingerprint density at radius 3 is 2.64 bits per heavy atom. The van der Waals surface area contributed by atoms with Gasteiger partial charge in [-0.25, -0.2) is 4.98 Å². The number of ether oxygens (including phenoxy) is 1. The van der Waals surface area contributed by atoms with Gasteiger partial charge in [-0.2, -0.15) is 0 Å². The summed E-state index contributed by atoms with van der Waals surface area (Å²) in [5, 5.41) is 12.5. The molecule has 6 heteroatoms. The number of amides is 1. The summed E-state index contributed by atoms with van der Waals surface area (Å²) in [6.07, 6.45) is 10.7. The zero-order valence-electron chi connectivity index (χ0n) is 14.6. The molecule has 6 nitrogen and oxygen atoms in total. The molecule has 1 unspecified atom stereocenters. The number of carbonyl (C=O) groups is 1. The highest BCUT2D eigenvalue weighted by atomic mass is 16.5. The van der Waals surface area contributed by atoms with Gasteiger partial charge in [0.2, 0.25) is 5.88 Å². The first-order valence-corrected chi connectivity index (χ1v) is 9.64. The monoisotopic (exact) mass is 345 g/mol. The zero-order chi connectivity index (χ0) is 17.2. The number of aliphatic hydroxyl groups excluding tert-OH is 1. The number of nitrogens with one attached hydrogen (secondary N) is 1. The second kappa shape index (κ2) is 7.28. The summed E-state index contributed by atoms with van der Waals surface area (Å²) in [4.78, 5) is 21.4. The first kappa shape index (κ1) is 16.8. The van der Waals surface area contributed by atoms with Gasteiger partial charge in [0.05, 0.1) is 25.5 Å². The van der Waals surface area contributed by atoms with E-state index in [1.807, 2.05) is 0 Å². The Hall–Kier alpha value is -1.69. The SMILES string of the molecule is O=C(NC(CO)CC1CCC1)c1cnc(C2CC2)c(OCC2CC2)n1. The summed E-state index contributed by atoms with van der Waals surface area (Å²) >= 11 is 0. The molecule has 4 rings (SSSR count). The van der Waals surface area contributed by atoms with Crippen LogP contribution in [0.1, 0.15) is 73.5 Å². The van der Waals surface area contributed by atoms with E-state index < -0.39 is 0 Å². The van der Waals surface area contributed by atoms with Crippen molar-refractivity contribution in [3.8, 4) is 5.88 Å². The van der Waals surface area contributed by atoms with Gasteiger partial charge in [0.15, 0.2) is 0 Å². The molecular weight excluding hydrogens is 318 g/mol. The van der Waals surface area contributed by atoms with Crippen LogP contribution in [0.2, 0.25) is 0 Å². The van der Waals surface area contributed by atoms with Crippen molar-refractivity contribution in [2.75, 3.05) is 13.2 Å². The van der Waals surface area contributed by atoms with Crippen molar-refractivity contribution in [1.29, 1.82) is 0 Å². The lowest BCUT2D eigenvalue weighted by Crippen LogP contribution is -2.40. The van der Waals surface area contributed by atoms with Gasteiger partial charge < -0.3 is 15.2 Å². The summed E-state index contributed by atoms with van der Waals surface area (Å²) in [5.41, 5.74) is 1.17. The van der Waals surface area contributed by atoms with Gasteiger partial charge in [0.1, 0.15) is 11.4 Å². The predicted octanol–water partition coefficient (Wildman–Crippen LogP) is 2.42. The van der Waals surface area contributed by atoms with Crippen LogP contribution in [-0.4, -0.2) is 40.2 Å². The van der Waals surface area contributed by atoms with Gasteiger partial charge in [0.25, 0.3) is 5.91 Å². The number of aliphatic hydroxyl groups is 1. The minimum absolute atomic E-state index is 0.0408. The lowest BCUT2D eigenvalue weighted by molar-refractivity contribution is 0.0889. The smallest absolute Gasteiger partial charge is 0.271 e. The topological polar surface area (TPSA) is 84.3 Å². The van der Waals surface area contributed by atoms with Gasteiger partial charge >= 0.3 is 0 Å². The van der Waals surface area contributed by atoms with Gasteiger partial charge in [0, 0.05) is 5.92 Å². The largest absolute Gasteiger partial charge is 0.476 e. The summed E-state index contributed by atoms with van der Waals surface area (Å²) in [7, 11) is 0. The van der Waals surface area contributed by atoms with E-state index in [0.29, 0.717) is 30.2 Å². The van der Waals surface area contributed by atoms with Crippen LogP contribution in [0.15, 0.2) is 6.20 Å². The molecule has 0 saturated heterocycles. The van der Waals surface area contributed by atoms with Gasteiger partial charge in [-0.3, -0.25) is 9.78 Å². The maximum absolute atomic E-state index is 12.5. The lowest BCUT2D eigenvalue weighted by atomic mass is 9.81. The number of rotatable bonds is 9. The summed E-state index contributed by atoms with van der Waals surface area (Å²) in [6, 6.07) is -0.210. The van der Waals surface area contributed by atoms with E-state index in [0.717, 1.165) is 25.0 Å². The first-order valence-electron chi connectivity index (χ1n) is 9.64. The Morgan fingerprint density at radius 2 is 2.04 bits per heavy atom. The van der Waals surface area contributed by atoms with Crippen molar-refractivity contribution >= 4 is 5.91 Å². The first-order chi connectivity index (χ1) is 12.2. The summed E-state index contributed by atoms with van der Waals surface area (Å²) in [5.74, 6) is 1.94. The molecule has 0 radical (unpaired) electrons. The maximum atomic E-state index is 12.5. The van der Waals surface area contributed by atoms with Crippen LogP contribution in [0.25, 0.3) is 0 Å². The number of hydrogen-bond acceptors (Lipinski definition) is 5. The van der Waals surface area contributed by atoms with Crippen molar-refractivity contribution in [3.63, 3.8) is 0 Å². The molecule has 3 fully saturated rings. The number of hydrogen-bond donors (Lipinski definition) is 2. The standard InChI is InChI=1S/C19H27N3O3/c23-10-15(8-12-2-1-3-12)21-18(24)16-9-20-17(14-6-7-14)19(22-16)25-11-13-4-5-13/h9,12-15,23H,1-8,10-11H2,(H,21,24). The molecule has 1 atom stereocenters. The highest BCUT2D eigenvalue weighted by Crippen LogP contribution is 2.42. The zero-order valence-corrected chi connectivity index (χ0v) is 14.6. The Labute approximate surface area is 148 Å². The fourth-order valence-electron chi connectivity index (χ4n) is 3.28. The highest BCUT2D eigenvalue weighted by Gasteiger charge is 2.31. The third-order valence-electron chi connectivity index (χ3n) is 5.51. The molecule has 3 aliphatic rings. The molecular formula is C19H27N3O3. The fourth-order valence-corrected chi connectivity index (χ4v) is 3.28. The Bertz CT molecular complexity index is 624. The Morgan fingerprint density at radius 1 is 1.24 bits per heavy atom. The maximum Gasteiger partial charge on any atom is 0.271 e. The molecule has 136 valence electrons. The Kier molecular flexibility index (Phi) is 4.88. The molecule has 0 spiro atoms. The van der Waals surface area contributed by atoms with E-state index in [9.17, 15) is 9.90 Å². The van der Waals surface area contributed by atoms with E-state index in [2.05, 4.69) is 15.3 Å². The van der Waals surface area contributed by atoms with Crippen molar-refractivity contribution in [3.05, 3.63) is 17.6 Å². The molecule has 25 heavy (non-hydrogen) atoms. The number of nitrogens with zero attached hydrogens (tertiary/aromatic N) is 2. The third kappa shape index (κ3) is 4.29. The van der Waals surface area contributed by atoms with E-state index in [-0.39, 0.29) is 24.2 Å². The van der Waals surface area contributed by atoms with Crippen LogP contribution in [0.3, 0.4) is 0 Å². The molecule has 0 aromatic carbocycles. The quantitative estimate of drug-likeness (QED) is 0.718. The minimum atomic E-state index is -0.274.